The molecule has 1 rings (SSSR count). The zero-order valence-corrected chi connectivity index (χ0v) is 11.8. The summed E-state index contributed by atoms with van der Waals surface area (Å²) >= 11 is 3.30. The molecule has 0 heterocycles. The van der Waals surface area contributed by atoms with Crippen LogP contribution < -0.4 is 10.6 Å². The van der Waals surface area contributed by atoms with E-state index in [-0.39, 0.29) is 12.6 Å². The first-order valence-electron chi connectivity index (χ1n) is 5.61. The molecule has 0 saturated carbocycles. The monoisotopic (exact) mass is 324 g/mol. The van der Waals surface area contributed by atoms with E-state index in [1.165, 1.54) is 4.90 Å². The van der Waals surface area contributed by atoms with Gasteiger partial charge in [0.15, 0.2) is 0 Å². The Labute approximate surface area is 113 Å². The van der Waals surface area contributed by atoms with Crippen LogP contribution in [0.25, 0.3) is 0 Å². The van der Waals surface area contributed by atoms with Crippen LogP contribution >= 0.6 is 15.9 Å². The summed E-state index contributed by atoms with van der Waals surface area (Å²) in [6.07, 6.45) is -4.21. The van der Waals surface area contributed by atoms with Crippen molar-refractivity contribution < 1.29 is 13.2 Å². The molecule has 1 atom stereocenters. The van der Waals surface area contributed by atoms with E-state index < -0.39 is 12.7 Å². The summed E-state index contributed by atoms with van der Waals surface area (Å²) in [5, 5.41) is 0. The van der Waals surface area contributed by atoms with Crippen LogP contribution in [0.15, 0.2) is 22.7 Å². The van der Waals surface area contributed by atoms with Gasteiger partial charge in [-0.1, -0.05) is 6.07 Å². The molecule has 6 heteroatoms. The Balaban J connectivity index is 3.00. The summed E-state index contributed by atoms with van der Waals surface area (Å²) in [5.41, 5.74) is 7.14. The van der Waals surface area contributed by atoms with Gasteiger partial charge in [0.25, 0.3) is 0 Å². The van der Waals surface area contributed by atoms with Gasteiger partial charge in [0.2, 0.25) is 0 Å². The Bertz CT molecular complexity index is 405. The van der Waals surface area contributed by atoms with Crippen molar-refractivity contribution in [1.82, 2.24) is 0 Å². The summed E-state index contributed by atoms with van der Waals surface area (Å²) in [7, 11) is 0. The second-order valence-electron chi connectivity index (χ2n) is 4.13. The second kappa shape index (κ2) is 5.93. The van der Waals surface area contributed by atoms with Crippen molar-refractivity contribution >= 4 is 21.6 Å². The fourth-order valence-electron chi connectivity index (χ4n) is 1.65. The summed E-state index contributed by atoms with van der Waals surface area (Å²) in [5.74, 6) is 0. The smallest absolute Gasteiger partial charge is 0.362 e. The fraction of sp³-hybridized carbons (Fsp3) is 0.500. The molecule has 0 amide bonds. The lowest BCUT2D eigenvalue weighted by molar-refractivity contribution is -0.119. The molecule has 18 heavy (non-hydrogen) atoms. The molecule has 1 aromatic carbocycles. The molecule has 2 nitrogen and oxygen atoms in total. The molecule has 0 fully saturated rings. The van der Waals surface area contributed by atoms with E-state index in [4.69, 9.17) is 5.73 Å². The maximum absolute atomic E-state index is 12.4. The Hall–Kier alpha value is -0.750. The molecule has 2 N–H and O–H groups in total. The maximum atomic E-state index is 12.4. The van der Waals surface area contributed by atoms with Gasteiger partial charge in [-0.3, -0.25) is 0 Å². The van der Waals surface area contributed by atoms with Crippen LogP contribution in [0.4, 0.5) is 18.9 Å². The van der Waals surface area contributed by atoms with Gasteiger partial charge in [-0.2, -0.15) is 13.2 Å². The predicted molar refractivity (Wildman–Crippen MR) is 70.7 cm³/mol. The third kappa shape index (κ3) is 4.17. The van der Waals surface area contributed by atoms with Crippen molar-refractivity contribution in [3.8, 4) is 0 Å². The molecule has 0 saturated heterocycles. The van der Waals surface area contributed by atoms with Crippen LogP contribution in [0, 0.1) is 0 Å². The van der Waals surface area contributed by atoms with Crippen molar-refractivity contribution in [1.29, 1.82) is 0 Å². The zero-order valence-electron chi connectivity index (χ0n) is 10.3. The molecule has 0 aliphatic carbocycles. The highest BCUT2D eigenvalue weighted by molar-refractivity contribution is 9.10. The molecule has 0 bridgehead atoms. The minimum absolute atomic E-state index is 0.145. The van der Waals surface area contributed by atoms with E-state index >= 15 is 0 Å². The van der Waals surface area contributed by atoms with Crippen LogP contribution in [0.5, 0.6) is 0 Å². The molecule has 0 aliphatic rings. The average Bonchev–Trinajstić information content (AvgIpc) is 2.24. The highest BCUT2D eigenvalue weighted by Crippen LogP contribution is 2.31. The number of anilines is 1. The van der Waals surface area contributed by atoms with E-state index in [2.05, 4.69) is 15.9 Å². The van der Waals surface area contributed by atoms with Crippen molar-refractivity contribution in [2.75, 3.05) is 18.0 Å². The predicted octanol–water partition coefficient (Wildman–Crippen LogP) is 3.86. The number of halogens is 4. The van der Waals surface area contributed by atoms with Gasteiger partial charge in [0, 0.05) is 17.1 Å². The molecule has 0 spiro atoms. The lowest BCUT2D eigenvalue weighted by Gasteiger charge is -2.26. The first-order valence-corrected chi connectivity index (χ1v) is 6.40. The van der Waals surface area contributed by atoms with Crippen LogP contribution in [-0.2, 0) is 0 Å². The topological polar surface area (TPSA) is 29.3 Å². The zero-order chi connectivity index (χ0) is 13.9. The summed E-state index contributed by atoms with van der Waals surface area (Å²) in [6.45, 7) is 2.85. The molecular weight excluding hydrogens is 309 g/mol. The van der Waals surface area contributed by atoms with Gasteiger partial charge in [0.05, 0.1) is 5.69 Å². The summed E-state index contributed by atoms with van der Waals surface area (Å²) in [6, 6.07) is 5.04. The van der Waals surface area contributed by atoms with Crippen molar-refractivity contribution in [3.63, 3.8) is 0 Å². The Morgan fingerprint density at radius 3 is 2.39 bits per heavy atom. The third-order valence-electron chi connectivity index (χ3n) is 2.59. The number of nitrogens with zero attached hydrogens (tertiary/aromatic N) is 1. The van der Waals surface area contributed by atoms with Gasteiger partial charge in [0.1, 0.15) is 6.54 Å². The average molecular weight is 325 g/mol. The fourth-order valence-corrected chi connectivity index (χ4v) is 2.29. The van der Waals surface area contributed by atoms with Gasteiger partial charge in [-0.05, 0) is 47.5 Å². The summed E-state index contributed by atoms with van der Waals surface area (Å²) < 4.78 is 38.0. The number of hydrogen-bond donors (Lipinski definition) is 1. The number of hydrogen-bond acceptors (Lipinski definition) is 2. The van der Waals surface area contributed by atoms with E-state index in [0.717, 1.165) is 5.56 Å². The normalized spacial score (nSPS) is 13.5. The number of alkyl halides is 3. The van der Waals surface area contributed by atoms with Gasteiger partial charge < -0.3 is 10.6 Å². The standard InChI is InChI=1S/C12H16BrF3N2/c1-3-18(7-12(14,15)16)11-5-4-9(8(2)17)6-10(11)13/h4-6,8H,3,7,17H2,1-2H3. The van der Waals surface area contributed by atoms with E-state index in [9.17, 15) is 13.2 Å². The van der Waals surface area contributed by atoms with Crippen molar-refractivity contribution in [2.24, 2.45) is 5.73 Å². The quantitative estimate of drug-likeness (QED) is 0.911. The molecular formula is C12H16BrF3N2. The Morgan fingerprint density at radius 2 is 2.00 bits per heavy atom. The first-order chi connectivity index (χ1) is 8.24. The number of rotatable bonds is 4. The molecule has 0 aliphatic heterocycles. The second-order valence-corrected chi connectivity index (χ2v) is 4.98. The minimum Gasteiger partial charge on any atom is -0.362 e. The van der Waals surface area contributed by atoms with Crippen LogP contribution in [0.3, 0.4) is 0 Å². The minimum atomic E-state index is -4.21. The largest absolute Gasteiger partial charge is 0.405 e. The lowest BCUT2D eigenvalue weighted by atomic mass is 10.1. The summed E-state index contributed by atoms with van der Waals surface area (Å²) in [4.78, 5) is 1.27. The van der Waals surface area contributed by atoms with Gasteiger partial charge >= 0.3 is 6.18 Å². The number of benzene rings is 1. The number of nitrogens with two attached hydrogens (primary N) is 1. The molecule has 1 aromatic rings. The van der Waals surface area contributed by atoms with E-state index in [1.54, 1.807) is 25.1 Å². The SMILES string of the molecule is CCN(CC(F)(F)F)c1ccc(C(C)N)cc1Br. The van der Waals surface area contributed by atoms with Crippen molar-refractivity contribution in [2.45, 2.75) is 26.1 Å². The van der Waals surface area contributed by atoms with E-state index in [0.29, 0.717) is 10.2 Å². The van der Waals surface area contributed by atoms with Crippen LogP contribution in [0.1, 0.15) is 25.5 Å². The third-order valence-corrected chi connectivity index (χ3v) is 3.23. The highest BCUT2D eigenvalue weighted by atomic mass is 79.9. The highest BCUT2D eigenvalue weighted by Gasteiger charge is 2.30. The maximum Gasteiger partial charge on any atom is 0.405 e. The molecule has 0 radical (unpaired) electrons. The first kappa shape index (κ1) is 15.3. The van der Waals surface area contributed by atoms with E-state index in [1.807, 2.05) is 6.92 Å². The van der Waals surface area contributed by atoms with Crippen LogP contribution in [-0.4, -0.2) is 19.3 Å². The van der Waals surface area contributed by atoms with Gasteiger partial charge in [-0.25, -0.2) is 0 Å². The Morgan fingerprint density at radius 1 is 1.39 bits per heavy atom. The van der Waals surface area contributed by atoms with Gasteiger partial charge in [-0.15, -0.1) is 0 Å². The molecule has 1 unspecified atom stereocenters. The molecule has 102 valence electrons. The molecule has 0 aromatic heterocycles. The Kier molecular flexibility index (Phi) is 5.04. The van der Waals surface area contributed by atoms with Crippen LogP contribution in [0.2, 0.25) is 0 Å². The lowest BCUT2D eigenvalue weighted by Crippen LogP contribution is -2.34. The van der Waals surface area contributed by atoms with Crippen molar-refractivity contribution in [3.05, 3.63) is 28.2 Å².